The number of ether oxygens (including phenoxy) is 5. The molecule has 0 bridgehead atoms. The zero-order valence-electron chi connectivity index (χ0n) is 35.2. The average Bonchev–Trinajstić information content (AvgIpc) is 3.77. The molecule has 0 radical (unpaired) electrons. The number of rotatable bonds is 21. The second kappa shape index (κ2) is 21.2. The summed E-state index contributed by atoms with van der Waals surface area (Å²) in [7, 11) is 0. The monoisotopic (exact) mass is 902 g/mol. The normalized spacial score (nSPS) is 17.3. The van der Waals surface area contributed by atoms with Gasteiger partial charge in [-0.25, -0.2) is 13.5 Å². The summed E-state index contributed by atoms with van der Waals surface area (Å²) < 4.78 is 56.7. The zero-order valence-corrected chi connectivity index (χ0v) is 35.2. The van der Waals surface area contributed by atoms with Crippen LogP contribution in [-0.4, -0.2) is 134 Å². The molecule has 0 saturated carbocycles. The fraction of sp³-hybridized carbons (Fsp3) is 0.386. The van der Waals surface area contributed by atoms with Gasteiger partial charge in [-0.1, -0.05) is 6.07 Å². The molecule has 1 unspecified atom stereocenters. The Labute approximate surface area is 371 Å². The maximum absolute atomic E-state index is 14.1. The number of carbonyl (C=O) groups excluding carboxylic acids is 6. The summed E-state index contributed by atoms with van der Waals surface area (Å²) in [5.74, 6) is -4.71. The Kier molecular flexibility index (Phi) is 15.1. The molecular formula is C44H48F2N8O11. The van der Waals surface area contributed by atoms with Crippen LogP contribution in [0.1, 0.15) is 62.8 Å². The summed E-state index contributed by atoms with van der Waals surface area (Å²) in [5.41, 5.74) is 13.7. The lowest BCUT2D eigenvalue weighted by Gasteiger charge is -2.33. The summed E-state index contributed by atoms with van der Waals surface area (Å²) in [6.07, 6.45) is 1.41. The van der Waals surface area contributed by atoms with Crippen molar-refractivity contribution in [2.45, 2.75) is 37.8 Å². The summed E-state index contributed by atoms with van der Waals surface area (Å²) in [4.78, 5) is 78.4. The van der Waals surface area contributed by atoms with Gasteiger partial charge < -0.3 is 45.4 Å². The minimum absolute atomic E-state index is 0.0231. The third-order valence-electron chi connectivity index (χ3n) is 10.9. The van der Waals surface area contributed by atoms with Crippen LogP contribution in [0.3, 0.4) is 0 Å². The predicted octanol–water partition coefficient (Wildman–Crippen LogP) is 3.04. The Morgan fingerprint density at radius 1 is 0.862 bits per heavy atom. The highest BCUT2D eigenvalue weighted by Crippen LogP contribution is 2.35. The van der Waals surface area contributed by atoms with Gasteiger partial charge in [0.1, 0.15) is 41.3 Å². The molecule has 4 aromatic rings. The number of primary amides is 1. The largest absolute Gasteiger partial charge is 0.454 e. The van der Waals surface area contributed by atoms with Crippen molar-refractivity contribution in [2.75, 3.05) is 83.5 Å². The van der Waals surface area contributed by atoms with E-state index in [1.165, 1.54) is 28.9 Å². The molecule has 6 amide bonds. The Hall–Kier alpha value is -6.81. The molecule has 7 rings (SSSR count). The van der Waals surface area contributed by atoms with Gasteiger partial charge in [0, 0.05) is 43.4 Å². The van der Waals surface area contributed by atoms with Crippen LogP contribution >= 0.6 is 0 Å². The van der Waals surface area contributed by atoms with Gasteiger partial charge in [0.2, 0.25) is 17.7 Å². The summed E-state index contributed by atoms with van der Waals surface area (Å²) >= 11 is 0. The summed E-state index contributed by atoms with van der Waals surface area (Å²) in [6, 6.07) is 12.7. The molecule has 3 aliphatic rings. The minimum Gasteiger partial charge on any atom is -0.454 e. The Morgan fingerprint density at radius 2 is 1.57 bits per heavy atom. The van der Waals surface area contributed by atoms with Crippen LogP contribution in [-0.2, 0) is 33.3 Å². The van der Waals surface area contributed by atoms with Crippen molar-refractivity contribution in [3.8, 4) is 22.8 Å². The molecule has 21 heteroatoms. The van der Waals surface area contributed by atoms with Crippen molar-refractivity contribution in [1.82, 2.24) is 24.9 Å². The number of piperidine rings is 2. The van der Waals surface area contributed by atoms with E-state index in [0.717, 1.165) is 11.0 Å². The number of likely N-dealkylation sites (tertiary alicyclic amines) is 1. The third-order valence-corrected chi connectivity index (χ3v) is 10.9. The van der Waals surface area contributed by atoms with Crippen molar-refractivity contribution >= 4 is 46.9 Å². The van der Waals surface area contributed by atoms with Crippen LogP contribution in [0.25, 0.3) is 11.3 Å². The van der Waals surface area contributed by atoms with E-state index in [9.17, 15) is 37.5 Å². The maximum Gasteiger partial charge on any atom is 0.264 e. The Balaban J connectivity index is 0.760. The molecule has 0 spiro atoms. The molecule has 19 nitrogen and oxygen atoms in total. The highest BCUT2D eigenvalue weighted by atomic mass is 19.1. The smallest absolute Gasteiger partial charge is 0.264 e. The highest BCUT2D eigenvalue weighted by Gasteiger charge is 2.45. The molecule has 3 aliphatic heterocycles. The van der Waals surface area contributed by atoms with Crippen LogP contribution in [0.15, 0.2) is 60.7 Å². The number of hydrogen-bond donors (Lipinski definition) is 4. The van der Waals surface area contributed by atoms with E-state index in [4.69, 9.17) is 35.2 Å². The quantitative estimate of drug-likeness (QED) is 0.0694. The molecular weight excluding hydrogens is 855 g/mol. The SMILES string of the molecule is NC(=O)c1c(-c2ccc(Oc3ccc(F)cc3F)cc2)nn([C@@H]2CCCN(C(=O)COCCOCCOCCOCCNc3cccc4c3C(=O)N(C3CCC(=O)NC3=O)C4=O)C2)c1N. The number of nitrogens with one attached hydrogen (secondary N) is 2. The second-order valence-corrected chi connectivity index (χ2v) is 15.2. The fourth-order valence-electron chi connectivity index (χ4n) is 7.75. The number of amides is 6. The molecule has 2 atom stereocenters. The number of nitrogen functional groups attached to an aromatic ring is 1. The number of carbonyl (C=O) groups is 6. The van der Waals surface area contributed by atoms with E-state index in [1.54, 1.807) is 29.2 Å². The summed E-state index contributed by atoms with van der Waals surface area (Å²) in [5, 5.41) is 9.94. The van der Waals surface area contributed by atoms with Gasteiger partial charge in [0.05, 0.1) is 63.4 Å². The first kappa shape index (κ1) is 46.2. The lowest BCUT2D eigenvalue weighted by atomic mass is 10.0. The van der Waals surface area contributed by atoms with Crippen LogP contribution < -0.4 is 26.8 Å². The number of benzene rings is 3. The predicted molar refractivity (Wildman–Crippen MR) is 227 cm³/mol. The zero-order chi connectivity index (χ0) is 46.0. The van der Waals surface area contributed by atoms with Crippen molar-refractivity contribution < 1.29 is 61.2 Å². The van der Waals surface area contributed by atoms with Gasteiger partial charge >= 0.3 is 0 Å². The van der Waals surface area contributed by atoms with Crippen molar-refractivity contribution in [3.63, 3.8) is 0 Å². The number of nitrogens with two attached hydrogens (primary N) is 2. The van der Waals surface area contributed by atoms with Crippen LogP contribution in [0.2, 0.25) is 0 Å². The first-order valence-electron chi connectivity index (χ1n) is 21.0. The van der Waals surface area contributed by atoms with Crippen LogP contribution in [0.5, 0.6) is 11.5 Å². The average molecular weight is 903 g/mol. The number of aromatic nitrogens is 2. The molecule has 3 aromatic carbocycles. The van der Waals surface area contributed by atoms with Crippen molar-refractivity contribution in [2.24, 2.45) is 5.73 Å². The molecule has 344 valence electrons. The number of imide groups is 2. The number of fused-ring (bicyclic) bond motifs is 1. The lowest BCUT2D eigenvalue weighted by molar-refractivity contribution is -0.138. The minimum atomic E-state index is -1.04. The molecule has 4 heterocycles. The third kappa shape index (κ3) is 10.9. The van der Waals surface area contributed by atoms with E-state index in [1.807, 2.05) is 0 Å². The van der Waals surface area contributed by atoms with E-state index >= 15 is 0 Å². The number of hydrogen-bond acceptors (Lipinski definition) is 14. The van der Waals surface area contributed by atoms with Gasteiger partial charge in [-0.2, -0.15) is 5.10 Å². The van der Waals surface area contributed by atoms with Crippen molar-refractivity contribution in [3.05, 3.63) is 89.0 Å². The lowest BCUT2D eigenvalue weighted by Crippen LogP contribution is -2.54. The van der Waals surface area contributed by atoms with Crippen LogP contribution in [0.4, 0.5) is 20.3 Å². The van der Waals surface area contributed by atoms with Crippen LogP contribution in [0, 0.1) is 11.6 Å². The number of halogens is 2. The first-order valence-corrected chi connectivity index (χ1v) is 21.0. The van der Waals surface area contributed by atoms with Gasteiger partial charge in [0.25, 0.3) is 17.7 Å². The van der Waals surface area contributed by atoms with Gasteiger partial charge in [-0.3, -0.25) is 39.0 Å². The maximum atomic E-state index is 14.1. The van der Waals surface area contributed by atoms with E-state index < -0.39 is 47.2 Å². The Bertz CT molecular complexity index is 2430. The van der Waals surface area contributed by atoms with E-state index in [-0.39, 0.29) is 97.5 Å². The molecule has 2 fully saturated rings. The molecule has 65 heavy (non-hydrogen) atoms. The molecule has 0 aliphatic carbocycles. The van der Waals surface area contributed by atoms with E-state index in [0.29, 0.717) is 69.7 Å². The van der Waals surface area contributed by atoms with Gasteiger partial charge in [-0.05, 0) is 67.8 Å². The fourth-order valence-corrected chi connectivity index (χ4v) is 7.75. The number of nitrogens with zero attached hydrogens (tertiary/aromatic N) is 4. The summed E-state index contributed by atoms with van der Waals surface area (Å²) in [6.45, 7) is 2.86. The topological polar surface area (TPSA) is 249 Å². The van der Waals surface area contributed by atoms with E-state index in [2.05, 4.69) is 15.7 Å². The van der Waals surface area contributed by atoms with Crippen molar-refractivity contribution in [1.29, 1.82) is 0 Å². The Morgan fingerprint density at radius 3 is 2.26 bits per heavy atom. The standard InChI is InChI=1S/C44H48F2N8O11/c45-27-8-12-34(31(46)23-27)65-29-9-6-26(7-10-29)39-38(41(48)57)40(47)54(51-39)28-3-2-15-52(24-28)36(56)25-64-22-21-63-20-19-62-18-17-61-16-14-49-32-5-1-4-30-37(32)44(60)53(43(30)59)33-11-13-35(55)50-42(33)58/h1,4-10,12,23,28,33,49H,2-3,11,13-22,24-25,47H2,(H2,48,57)(H,50,55,58)/t28-,33?/m1/s1. The first-order chi connectivity index (χ1) is 31.4. The van der Waals surface area contributed by atoms with Gasteiger partial charge in [0.15, 0.2) is 11.6 Å². The molecule has 2 saturated heterocycles. The molecule has 6 N–H and O–H groups in total. The van der Waals surface area contributed by atoms with Gasteiger partial charge in [-0.15, -0.1) is 0 Å². The second-order valence-electron chi connectivity index (χ2n) is 15.2. The number of anilines is 2. The molecule has 1 aromatic heterocycles. The highest BCUT2D eigenvalue weighted by molar-refractivity contribution is 6.25.